The van der Waals surface area contributed by atoms with Crippen molar-refractivity contribution in [1.82, 2.24) is 0 Å². The zero-order valence-electron chi connectivity index (χ0n) is 19.4. The molecular weight excluding hydrogens is 400 g/mol. The summed E-state index contributed by atoms with van der Waals surface area (Å²) in [6.45, 7) is 4.68. The molecule has 5 rings (SSSR count). The summed E-state index contributed by atoms with van der Waals surface area (Å²) in [6.07, 6.45) is 9.69. The van der Waals surface area contributed by atoms with Crippen LogP contribution >= 0.6 is 0 Å². The Morgan fingerprint density at radius 1 is 1.09 bits per heavy atom. The van der Waals surface area contributed by atoms with Crippen LogP contribution in [-0.2, 0) is 9.59 Å². The van der Waals surface area contributed by atoms with E-state index in [1.54, 1.807) is 12.1 Å². The minimum Gasteiger partial charge on any atom is -0.427 e. The van der Waals surface area contributed by atoms with E-state index in [9.17, 15) is 14.7 Å². The van der Waals surface area contributed by atoms with Crippen LogP contribution in [0.2, 0.25) is 0 Å². The fourth-order valence-electron chi connectivity index (χ4n) is 8.10. The summed E-state index contributed by atoms with van der Waals surface area (Å²) in [5, 5.41) is 10.7. The Morgan fingerprint density at radius 3 is 2.66 bits per heavy atom. The van der Waals surface area contributed by atoms with E-state index in [0.29, 0.717) is 42.8 Å². The van der Waals surface area contributed by atoms with Gasteiger partial charge in [-0.15, -0.1) is 0 Å². The average molecular weight is 437 g/mol. The van der Waals surface area contributed by atoms with Gasteiger partial charge in [0.1, 0.15) is 5.75 Å². The number of allylic oxidation sites excluding steroid dienone is 1. The van der Waals surface area contributed by atoms with Gasteiger partial charge in [-0.25, -0.2) is 0 Å². The van der Waals surface area contributed by atoms with Crippen LogP contribution in [0.3, 0.4) is 0 Å². The standard InChI is InChI=1S/C28H36O4/c1-27-15-14-24-22(23(27)11-12-25(27)30)10-8-18-16-20(29)17-19(28(18,24)2)9-13-26(31)32-21-6-4-3-5-7-21/h3-7,16,19,22-25,30H,8-15,17H2,1-2H3/t19?,22-,23-,24-,25-,27-,28+/m0/s1. The zero-order valence-corrected chi connectivity index (χ0v) is 19.4. The van der Waals surface area contributed by atoms with Gasteiger partial charge in [-0.1, -0.05) is 37.6 Å². The molecule has 0 aliphatic heterocycles. The summed E-state index contributed by atoms with van der Waals surface area (Å²) >= 11 is 0. The second-order valence-corrected chi connectivity index (χ2v) is 11.2. The molecule has 4 heteroatoms. The number of benzene rings is 1. The molecule has 32 heavy (non-hydrogen) atoms. The summed E-state index contributed by atoms with van der Waals surface area (Å²) in [6, 6.07) is 9.21. The van der Waals surface area contributed by atoms with Gasteiger partial charge in [-0.3, -0.25) is 9.59 Å². The summed E-state index contributed by atoms with van der Waals surface area (Å²) in [4.78, 5) is 25.2. The molecule has 0 aromatic heterocycles. The highest BCUT2D eigenvalue weighted by Gasteiger charge is 2.60. The number of aliphatic hydroxyl groups excluding tert-OH is 1. The number of carbonyl (C=O) groups excluding carboxylic acids is 2. The fraction of sp³-hybridized carbons (Fsp3) is 0.643. The lowest BCUT2D eigenvalue weighted by atomic mass is 9.45. The van der Waals surface area contributed by atoms with E-state index in [0.717, 1.165) is 38.5 Å². The normalized spacial score (nSPS) is 40.7. The number of esters is 1. The molecule has 4 nitrogen and oxygen atoms in total. The molecule has 0 saturated heterocycles. The minimum atomic E-state index is -0.217. The van der Waals surface area contributed by atoms with Crippen LogP contribution in [-0.4, -0.2) is 23.0 Å². The van der Waals surface area contributed by atoms with Crippen molar-refractivity contribution < 1.29 is 19.4 Å². The molecule has 0 amide bonds. The number of hydrogen-bond acceptors (Lipinski definition) is 4. The van der Waals surface area contributed by atoms with Crippen molar-refractivity contribution in [2.24, 2.45) is 34.5 Å². The number of rotatable bonds is 4. The van der Waals surface area contributed by atoms with Gasteiger partial charge in [-0.05, 0) is 97.7 Å². The van der Waals surface area contributed by atoms with Crippen molar-refractivity contribution in [2.75, 3.05) is 0 Å². The number of hydrogen-bond donors (Lipinski definition) is 1. The number of ether oxygens (including phenoxy) is 1. The van der Waals surface area contributed by atoms with E-state index < -0.39 is 0 Å². The third kappa shape index (κ3) is 3.46. The average Bonchev–Trinajstić information content (AvgIpc) is 3.08. The molecule has 0 heterocycles. The number of aliphatic hydroxyl groups is 1. The highest BCUT2D eigenvalue weighted by Crippen LogP contribution is 2.66. The molecular formula is C28H36O4. The maximum atomic E-state index is 12.6. The van der Waals surface area contributed by atoms with Crippen LogP contribution in [0.25, 0.3) is 0 Å². The first kappa shape index (κ1) is 21.9. The summed E-state index contributed by atoms with van der Waals surface area (Å²) in [7, 11) is 0. The van der Waals surface area contributed by atoms with Crippen LogP contribution in [0.15, 0.2) is 42.0 Å². The van der Waals surface area contributed by atoms with Crippen LogP contribution in [0.5, 0.6) is 5.75 Å². The topological polar surface area (TPSA) is 63.6 Å². The molecule has 3 saturated carbocycles. The van der Waals surface area contributed by atoms with E-state index in [-0.39, 0.29) is 34.6 Å². The van der Waals surface area contributed by atoms with Gasteiger partial charge in [0.15, 0.2) is 5.78 Å². The van der Waals surface area contributed by atoms with Gasteiger partial charge in [0.05, 0.1) is 6.10 Å². The Balaban J connectivity index is 1.35. The second-order valence-electron chi connectivity index (χ2n) is 11.2. The molecule has 0 radical (unpaired) electrons. The van der Waals surface area contributed by atoms with Crippen molar-refractivity contribution in [3.8, 4) is 5.75 Å². The Kier molecular flexibility index (Phi) is 5.56. The molecule has 172 valence electrons. The lowest BCUT2D eigenvalue weighted by Gasteiger charge is -2.60. The number of carbonyl (C=O) groups is 2. The molecule has 1 unspecified atom stereocenters. The minimum absolute atomic E-state index is 0.0290. The van der Waals surface area contributed by atoms with E-state index in [4.69, 9.17) is 4.74 Å². The first-order valence-electron chi connectivity index (χ1n) is 12.5. The summed E-state index contributed by atoms with van der Waals surface area (Å²) in [5.41, 5.74) is 1.34. The Morgan fingerprint density at radius 2 is 1.88 bits per heavy atom. The molecule has 7 atom stereocenters. The van der Waals surface area contributed by atoms with Gasteiger partial charge in [-0.2, -0.15) is 0 Å². The third-order valence-corrected chi connectivity index (χ3v) is 9.90. The van der Waals surface area contributed by atoms with E-state index in [2.05, 4.69) is 13.8 Å². The lowest BCUT2D eigenvalue weighted by Crippen LogP contribution is -2.54. The monoisotopic (exact) mass is 436 g/mol. The number of ketones is 1. The van der Waals surface area contributed by atoms with Crippen molar-refractivity contribution in [1.29, 1.82) is 0 Å². The SMILES string of the molecule is C[C@]12CC[C@H]3[C@@H](CCC4=CC(=O)CC(CCC(=O)Oc5ccccc5)[C@@]43C)[C@@H]1CC[C@@H]2O. The first-order valence-corrected chi connectivity index (χ1v) is 12.5. The van der Waals surface area contributed by atoms with Crippen LogP contribution in [0.4, 0.5) is 0 Å². The van der Waals surface area contributed by atoms with Crippen LogP contribution < -0.4 is 4.74 Å². The molecule has 4 aliphatic rings. The molecule has 0 bridgehead atoms. The second kappa shape index (κ2) is 8.13. The van der Waals surface area contributed by atoms with Crippen molar-refractivity contribution in [3.05, 3.63) is 42.0 Å². The van der Waals surface area contributed by atoms with Gasteiger partial charge in [0.2, 0.25) is 0 Å². The summed E-state index contributed by atoms with van der Waals surface area (Å²) in [5.74, 6) is 2.49. The maximum Gasteiger partial charge on any atom is 0.311 e. The Bertz CT molecular complexity index is 921. The maximum absolute atomic E-state index is 12.6. The van der Waals surface area contributed by atoms with Crippen molar-refractivity contribution in [2.45, 2.75) is 77.7 Å². The largest absolute Gasteiger partial charge is 0.427 e. The Hall–Kier alpha value is -1.94. The first-order chi connectivity index (χ1) is 15.3. The van der Waals surface area contributed by atoms with E-state index in [1.807, 2.05) is 24.3 Å². The van der Waals surface area contributed by atoms with E-state index >= 15 is 0 Å². The van der Waals surface area contributed by atoms with E-state index in [1.165, 1.54) is 5.57 Å². The quantitative estimate of drug-likeness (QED) is 0.501. The third-order valence-electron chi connectivity index (χ3n) is 9.90. The van der Waals surface area contributed by atoms with Gasteiger partial charge in [0, 0.05) is 12.8 Å². The lowest BCUT2D eigenvalue weighted by molar-refractivity contribution is -0.136. The molecule has 0 spiro atoms. The molecule has 1 N–H and O–H groups in total. The number of fused-ring (bicyclic) bond motifs is 5. The van der Waals surface area contributed by atoms with Crippen molar-refractivity contribution in [3.63, 3.8) is 0 Å². The highest BCUT2D eigenvalue weighted by molar-refractivity contribution is 5.92. The van der Waals surface area contributed by atoms with Crippen molar-refractivity contribution >= 4 is 11.8 Å². The highest BCUT2D eigenvalue weighted by atomic mass is 16.5. The zero-order chi connectivity index (χ0) is 22.5. The Labute approximate surface area is 191 Å². The molecule has 1 aromatic rings. The molecule has 4 aliphatic carbocycles. The molecule has 1 aromatic carbocycles. The molecule has 3 fully saturated rings. The van der Waals surface area contributed by atoms with Crippen LogP contribution in [0, 0.1) is 34.5 Å². The summed E-state index contributed by atoms with van der Waals surface area (Å²) < 4.78 is 5.52. The van der Waals surface area contributed by atoms with Gasteiger partial charge < -0.3 is 9.84 Å². The fourth-order valence-corrected chi connectivity index (χ4v) is 8.10. The van der Waals surface area contributed by atoms with Gasteiger partial charge >= 0.3 is 5.97 Å². The predicted octanol–water partition coefficient (Wildman–Crippen LogP) is 5.49. The number of para-hydroxylation sites is 1. The van der Waals surface area contributed by atoms with Crippen LogP contribution in [0.1, 0.15) is 71.6 Å². The van der Waals surface area contributed by atoms with Gasteiger partial charge in [0.25, 0.3) is 0 Å². The predicted molar refractivity (Wildman–Crippen MR) is 123 cm³/mol. The smallest absolute Gasteiger partial charge is 0.311 e.